The minimum absolute atomic E-state index is 0.260. The van der Waals surface area contributed by atoms with E-state index in [0.717, 1.165) is 19.3 Å². The average Bonchev–Trinajstić information content (AvgIpc) is 2.21. The van der Waals surface area contributed by atoms with E-state index in [4.69, 9.17) is 10.5 Å². The van der Waals surface area contributed by atoms with Gasteiger partial charge in [-0.05, 0) is 33.6 Å². The van der Waals surface area contributed by atoms with Crippen molar-refractivity contribution in [1.82, 2.24) is 0 Å². The van der Waals surface area contributed by atoms with Crippen molar-refractivity contribution >= 4 is 5.97 Å². The highest BCUT2D eigenvalue weighted by atomic mass is 16.6. The van der Waals surface area contributed by atoms with Crippen LogP contribution in [0.1, 0.15) is 73.1 Å². The van der Waals surface area contributed by atoms with Crippen molar-refractivity contribution in [1.29, 1.82) is 0 Å². The number of esters is 1. The predicted octanol–water partition coefficient (Wildman–Crippen LogP) is 3.41. The second-order valence-electron chi connectivity index (χ2n) is 5.82. The first-order valence-corrected chi connectivity index (χ1v) is 6.77. The molecule has 0 saturated carbocycles. The van der Waals surface area contributed by atoms with Crippen LogP contribution >= 0.6 is 0 Å². The first-order valence-electron chi connectivity index (χ1n) is 6.77. The normalized spacial score (nSPS) is 15.4. The first-order chi connectivity index (χ1) is 7.75. The number of rotatable bonds is 7. The van der Waals surface area contributed by atoms with E-state index in [1.165, 1.54) is 12.8 Å². The van der Waals surface area contributed by atoms with Crippen molar-refractivity contribution in [2.45, 2.75) is 84.3 Å². The number of nitrogens with two attached hydrogens (primary N) is 1. The summed E-state index contributed by atoms with van der Waals surface area (Å²) in [6.07, 6.45) is 5.88. The molecular formula is C14H29NO2. The minimum Gasteiger partial charge on any atom is -0.459 e. The summed E-state index contributed by atoms with van der Waals surface area (Å²) in [5.74, 6) is -0.260. The Morgan fingerprint density at radius 1 is 1.12 bits per heavy atom. The molecule has 17 heavy (non-hydrogen) atoms. The van der Waals surface area contributed by atoms with Crippen LogP contribution in [0.15, 0.2) is 0 Å². The second-order valence-corrected chi connectivity index (χ2v) is 5.82. The molecule has 0 saturated heterocycles. The van der Waals surface area contributed by atoms with Crippen LogP contribution in [0.25, 0.3) is 0 Å². The summed E-state index contributed by atoms with van der Waals surface area (Å²) in [5, 5.41) is 0. The Morgan fingerprint density at radius 2 is 1.71 bits per heavy atom. The molecule has 1 atom stereocenters. The number of hydrogen-bond acceptors (Lipinski definition) is 3. The van der Waals surface area contributed by atoms with E-state index in [1.807, 2.05) is 27.7 Å². The molecule has 0 aliphatic rings. The predicted molar refractivity (Wildman–Crippen MR) is 71.8 cm³/mol. The van der Waals surface area contributed by atoms with Crippen LogP contribution in [-0.2, 0) is 9.53 Å². The molecular weight excluding hydrogens is 214 g/mol. The number of hydrogen-bond donors (Lipinski definition) is 1. The summed E-state index contributed by atoms with van der Waals surface area (Å²) in [7, 11) is 0. The minimum atomic E-state index is -0.805. The van der Waals surface area contributed by atoms with E-state index >= 15 is 0 Å². The molecule has 0 bridgehead atoms. The maximum Gasteiger partial charge on any atom is 0.326 e. The van der Waals surface area contributed by atoms with Gasteiger partial charge in [0, 0.05) is 0 Å². The molecule has 0 aromatic carbocycles. The molecule has 3 nitrogen and oxygen atoms in total. The van der Waals surface area contributed by atoms with E-state index in [-0.39, 0.29) is 5.97 Å². The fourth-order valence-electron chi connectivity index (χ4n) is 1.67. The van der Waals surface area contributed by atoms with Gasteiger partial charge in [0.15, 0.2) is 0 Å². The van der Waals surface area contributed by atoms with Gasteiger partial charge in [0.25, 0.3) is 0 Å². The molecule has 0 aromatic heterocycles. The SMILES string of the molecule is CCCCCCC(N)(CC)C(=O)OC(C)(C)C. The van der Waals surface area contributed by atoms with Crippen LogP contribution in [0.4, 0.5) is 0 Å². The Balaban J connectivity index is 4.29. The zero-order valence-corrected chi connectivity index (χ0v) is 12.1. The fourth-order valence-corrected chi connectivity index (χ4v) is 1.67. The molecule has 0 aliphatic carbocycles. The number of carbonyl (C=O) groups excluding carboxylic acids is 1. The van der Waals surface area contributed by atoms with Crippen LogP contribution < -0.4 is 5.73 Å². The summed E-state index contributed by atoms with van der Waals surface area (Å²) in [6, 6.07) is 0. The molecule has 3 heteroatoms. The zero-order chi connectivity index (χ0) is 13.5. The number of carbonyl (C=O) groups is 1. The standard InChI is InChI=1S/C14H29NO2/c1-6-8-9-10-11-14(15,7-2)12(16)17-13(3,4)5/h6-11,15H2,1-5H3. The monoisotopic (exact) mass is 243 g/mol. The molecule has 0 spiro atoms. The van der Waals surface area contributed by atoms with Crippen molar-refractivity contribution in [3.63, 3.8) is 0 Å². The smallest absolute Gasteiger partial charge is 0.326 e. The third-order valence-electron chi connectivity index (χ3n) is 2.91. The molecule has 0 amide bonds. The van der Waals surface area contributed by atoms with Crippen molar-refractivity contribution in [2.24, 2.45) is 5.73 Å². The first kappa shape index (κ1) is 16.4. The van der Waals surface area contributed by atoms with Crippen molar-refractivity contribution in [3.05, 3.63) is 0 Å². The van der Waals surface area contributed by atoms with Gasteiger partial charge >= 0.3 is 5.97 Å². The van der Waals surface area contributed by atoms with Crippen molar-refractivity contribution in [3.8, 4) is 0 Å². The van der Waals surface area contributed by atoms with Crippen LogP contribution in [0.3, 0.4) is 0 Å². The molecule has 0 rings (SSSR count). The lowest BCUT2D eigenvalue weighted by molar-refractivity contribution is -0.162. The van der Waals surface area contributed by atoms with Gasteiger partial charge < -0.3 is 10.5 Å². The van der Waals surface area contributed by atoms with E-state index in [1.54, 1.807) is 0 Å². The van der Waals surface area contributed by atoms with Gasteiger partial charge in [0.05, 0.1) is 0 Å². The summed E-state index contributed by atoms with van der Waals surface area (Å²) in [5.41, 5.74) is 4.89. The quantitative estimate of drug-likeness (QED) is 0.550. The third kappa shape index (κ3) is 6.67. The molecule has 0 fully saturated rings. The highest BCUT2D eigenvalue weighted by Crippen LogP contribution is 2.21. The fraction of sp³-hybridized carbons (Fsp3) is 0.929. The van der Waals surface area contributed by atoms with E-state index in [2.05, 4.69) is 6.92 Å². The maximum atomic E-state index is 12.0. The van der Waals surface area contributed by atoms with Crippen LogP contribution in [0.5, 0.6) is 0 Å². The lowest BCUT2D eigenvalue weighted by Crippen LogP contribution is -2.50. The van der Waals surface area contributed by atoms with Gasteiger partial charge in [0.1, 0.15) is 11.1 Å². The Morgan fingerprint density at radius 3 is 2.12 bits per heavy atom. The summed E-state index contributed by atoms with van der Waals surface area (Å²) in [4.78, 5) is 12.0. The summed E-state index contributed by atoms with van der Waals surface area (Å²) < 4.78 is 5.39. The molecule has 102 valence electrons. The maximum absolute atomic E-state index is 12.0. The van der Waals surface area contributed by atoms with E-state index < -0.39 is 11.1 Å². The number of unbranched alkanes of at least 4 members (excludes halogenated alkanes) is 3. The van der Waals surface area contributed by atoms with E-state index in [0.29, 0.717) is 6.42 Å². The summed E-state index contributed by atoms with van der Waals surface area (Å²) >= 11 is 0. The van der Waals surface area contributed by atoms with Crippen LogP contribution in [-0.4, -0.2) is 17.1 Å². The van der Waals surface area contributed by atoms with Gasteiger partial charge in [-0.2, -0.15) is 0 Å². The molecule has 2 N–H and O–H groups in total. The van der Waals surface area contributed by atoms with Gasteiger partial charge in [-0.1, -0.05) is 39.5 Å². The average molecular weight is 243 g/mol. The zero-order valence-electron chi connectivity index (χ0n) is 12.1. The van der Waals surface area contributed by atoms with Crippen LogP contribution in [0.2, 0.25) is 0 Å². The van der Waals surface area contributed by atoms with Gasteiger partial charge in [-0.25, -0.2) is 0 Å². The van der Waals surface area contributed by atoms with Gasteiger partial charge in [-0.15, -0.1) is 0 Å². The molecule has 0 aromatic rings. The lowest BCUT2D eigenvalue weighted by Gasteiger charge is -2.30. The highest BCUT2D eigenvalue weighted by molar-refractivity contribution is 5.80. The number of ether oxygens (including phenoxy) is 1. The van der Waals surface area contributed by atoms with Gasteiger partial charge in [0.2, 0.25) is 0 Å². The Kier molecular flexibility index (Phi) is 6.76. The summed E-state index contributed by atoms with van der Waals surface area (Å²) in [6.45, 7) is 9.74. The van der Waals surface area contributed by atoms with Gasteiger partial charge in [-0.3, -0.25) is 4.79 Å². The van der Waals surface area contributed by atoms with Crippen molar-refractivity contribution in [2.75, 3.05) is 0 Å². The Bertz CT molecular complexity index is 233. The third-order valence-corrected chi connectivity index (χ3v) is 2.91. The highest BCUT2D eigenvalue weighted by Gasteiger charge is 2.35. The largest absolute Gasteiger partial charge is 0.459 e. The second kappa shape index (κ2) is 7.00. The Hall–Kier alpha value is -0.570. The molecule has 1 unspecified atom stereocenters. The molecule has 0 radical (unpaired) electrons. The molecule has 0 heterocycles. The topological polar surface area (TPSA) is 52.3 Å². The Labute approximate surface area is 106 Å². The lowest BCUT2D eigenvalue weighted by atomic mass is 9.90. The van der Waals surface area contributed by atoms with Crippen LogP contribution in [0, 0.1) is 0 Å². The van der Waals surface area contributed by atoms with Crippen molar-refractivity contribution < 1.29 is 9.53 Å². The molecule has 0 aliphatic heterocycles. The van der Waals surface area contributed by atoms with E-state index in [9.17, 15) is 4.79 Å².